The van der Waals surface area contributed by atoms with Gasteiger partial charge < -0.3 is 14.5 Å². The van der Waals surface area contributed by atoms with Crippen LogP contribution in [0.4, 0.5) is 5.69 Å². The zero-order valence-electron chi connectivity index (χ0n) is 11.4. The molecule has 0 saturated heterocycles. The van der Waals surface area contributed by atoms with E-state index in [1.807, 2.05) is 48.5 Å². The average Bonchev–Trinajstić information content (AvgIpc) is 3.17. The molecule has 5 heteroatoms. The fourth-order valence-electron chi connectivity index (χ4n) is 2.08. The van der Waals surface area contributed by atoms with Crippen molar-refractivity contribution < 1.29 is 9.15 Å². The summed E-state index contributed by atoms with van der Waals surface area (Å²) in [6.07, 6.45) is 1.67. The van der Waals surface area contributed by atoms with Crippen molar-refractivity contribution in [3.8, 4) is 5.75 Å². The standard InChI is InChI=1S/C16H14ClNO2S/c1-19-12-6-4-11(5-7-12)18-16(13-3-2-10-20-13)14-8-9-15(17)21-14/h2-10,16,18H,1H3. The third-order valence-electron chi connectivity index (χ3n) is 3.11. The van der Waals surface area contributed by atoms with Crippen LogP contribution < -0.4 is 10.1 Å². The Morgan fingerprint density at radius 3 is 2.52 bits per heavy atom. The van der Waals surface area contributed by atoms with Gasteiger partial charge in [-0.3, -0.25) is 0 Å². The second kappa shape index (κ2) is 6.24. The van der Waals surface area contributed by atoms with Crippen LogP contribution >= 0.6 is 22.9 Å². The molecule has 1 N–H and O–H groups in total. The van der Waals surface area contributed by atoms with Crippen molar-refractivity contribution in [3.63, 3.8) is 0 Å². The molecule has 1 aromatic carbocycles. The Balaban J connectivity index is 1.88. The van der Waals surface area contributed by atoms with E-state index in [0.29, 0.717) is 0 Å². The lowest BCUT2D eigenvalue weighted by Gasteiger charge is -2.17. The van der Waals surface area contributed by atoms with Gasteiger partial charge in [-0.15, -0.1) is 11.3 Å². The van der Waals surface area contributed by atoms with Crippen LogP contribution in [0.1, 0.15) is 16.7 Å². The van der Waals surface area contributed by atoms with E-state index in [4.69, 9.17) is 20.8 Å². The molecular weight excluding hydrogens is 306 g/mol. The van der Waals surface area contributed by atoms with Gasteiger partial charge in [0.05, 0.1) is 17.7 Å². The maximum Gasteiger partial charge on any atom is 0.131 e. The lowest BCUT2D eigenvalue weighted by atomic mass is 10.1. The van der Waals surface area contributed by atoms with Crippen LogP contribution in [0.2, 0.25) is 4.34 Å². The maximum absolute atomic E-state index is 6.05. The topological polar surface area (TPSA) is 34.4 Å². The summed E-state index contributed by atoms with van der Waals surface area (Å²) in [5.41, 5.74) is 0.988. The molecule has 0 radical (unpaired) electrons. The highest BCUT2D eigenvalue weighted by atomic mass is 35.5. The van der Waals surface area contributed by atoms with Crippen LogP contribution in [0.3, 0.4) is 0 Å². The summed E-state index contributed by atoms with van der Waals surface area (Å²) < 4.78 is 11.5. The number of furan rings is 1. The number of hydrogen-bond acceptors (Lipinski definition) is 4. The molecule has 0 aliphatic rings. The summed E-state index contributed by atoms with van der Waals surface area (Å²) >= 11 is 7.59. The van der Waals surface area contributed by atoms with Gasteiger partial charge in [-0.25, -0.2) is 0 Å². The number of ether oxygens (including phenoxy) is 1. The summed E-state index contributed by atoms with van der Waals surface area (Å²) in [5, 5.41) is 3.46. The molecule has 0 saturated carbocycles. The number of methoxy groups -OCH3 is 1. The Bertz CT molecular complexity index is 691. The first kappa shape index (κ1) is 14.0. The van der Waals surface area contributed by atoms with E-state index in [9.17, 15) is 0 Å². The largest absolute Gasteiger partial charge is 0.497 e. The van der Waals surface area contributed by atoms with Crippen LogP contribution in [0, 0.1) is 0 Å². The van der Waals surface area contributed by atoms with Gasteiger partial charge in [0.15, 0.2) is 0 Å². The average molecular weight is 320 g/mol. The summed E-state index contributed by atoms with van der Waals surface area (Å²) in [6, 6.07) is 15.5. The molecule has 1 unspecified atom stereocenters. The Labute approximate surface area is 132 Å². The van der Waals surface area contributed by atoms with Crippen molar-refractivity contribution in [1.82, 2.24) is 0 Å². The fourth-order valence-corrected chi connectivity index (χ4v) is 3.20. The van der Waals surface area contributed by atoms with Gasteiger partial charge in [0.1, 0.15) is 17.6 Å². The summed E-state index contributed by atoms with van der Waals surface area (Å²) in [6.45, 7) is 0. The van der Waals surface area contributed by atoms with E-state index >= 15 is 0 Å². The van der Waals surface area contributed by atoms with E-state index in [0.717, 1.165) is 26.4 Å². The Morgan fingerprint density at radius 2 is 1.95 bits per heavy atom. The Kier molecular flexibility index (Phi) is 4.18. The predicted molar refractivity (Wildman–Crippen MR) is 86.5 cm³/mol. The van der Waals surface area contributed by atoms with E-state index in [1.54, 1.807) is 13.4 Å². The van der Waals surface area contributed by atoms with E-state index < -0.39 is 0 Å². The highest BCUT2D eigenvalue weighted by molar-refractivity contribution is 7.16. The van der Waals surface area contributed by atoms with Crippen LogP contribution in [-0.4, -0.2) is 7.11 Å². The Hall–Kier alpha value is -1.91. The normalized spacial score (nSPS) is 12.1. The van der Waals surface area contributed by atoms with E-state index in [1.165, 1.54) is 11.3 Å². The first-order valence-electron chi connectivity index (χ1n) is 6.45. The summed E-state index contributed by atoms with van der Waals surface area (Å²) in [7, 11) is 1.65. The highest BCUT2D eigenvalue weighted by Gasteiger charge is 2.18. The first-order valence-corrected chi connectivity index (χ1v) is 7.65. The second-order valence-electron chi connectivity index (χ2n) is 4.46. The third-order valence-corrected chi connectivity index (χ3v) is 4.40. The molecule has 0 spiro atoms. The molecule has 0 bridgehead atoms. The third kappa shape index (κ3) is 3.23. The quantitative estimate of drug-likeness (QED) is 0.701. The zero-order chi connectivity index (χ0) is 14.7. The molecule has 0 fully saturated rings. The number of nitrogens with one attached hydrogen (secondary N) is 1. The predicted octanol–water partition coefficient (Wildman–Crippen LogP) is 5.20. The Morgan fingerprint density at radius 1 is 1.14 bits per heavy atom. The van der Waals surface area contributed by atoms with Gasteiger partial charge in [0.2, 0.25) is 0 Å². The highest BCUT2D eigenvalue weighted by Crippen LogP contribution is 2.34. The van der Waals surface area contributed by atoms with Gasteiger partial charge in [-0.05, 0) is 48.5 Å². The SMILES string of the molecule is COc1ccc(NC(c2ccco2)c2ccc(Cl)s2)cc1. The monoisotopic (exact) mass is 319 g/mol. The number of anilines is 1. The lowest BCUT2D eigenvalue weighted by Crippen LogP contribution is -2.10. The van der Waals surface area contributed by atoms with E-state index in [-0.39, 0.29) is 6.04 Å². The van der Waals surface area contributed by atoms with Gasteiger partial charge in [-0.1, -0.05) is 11.6 Å². The van der Waals surface area contributed by atoms with Crippen molar-refractivity contribution in [2.45, 2.75) is 6.04 Å². The zero-order valence-corrected chi connectivity index (χ0v) is 12.9. The van der Waals surface area contributed by atoms with Gasteiger partial charge in [0, 0.05) is 10.6 Å². The molecule has 0 amide bonds. The van der Waals surface area contributed by atoms with Crippen LogP contribution in [0.15, 0.2) is 59.2 Å². The molecule has 3 aromatic rings. The lowest BCUT2D eigenvalue weighted by molar-refractivity contribution is 0.415. The number of benzene rings is 1. The molecule has 108 valence electrons. The second-order valence-corrected chi connectivity index (χ2v) is 6.21. The van der Waals surface area contributed by atoms with Gasteiger partial charge in [0.25, 0.3) is 0 Å². The summed E-state index contributed by atoms with van der Waals surface area (Å²) in [4.78, 5) is 1.10. The molecule has 2 aromatic heterocycles. The first-order chi connectivity index (χ1) is 10.3. The van der Waals surface area contributed by atoms with E-state index in [2.05, 4.69) is 5.32 Å². The summed E-state index contributed by atoms with van der Waals surface area (Å²) in [5.74, 6) is 1.68. The van der Waals surface area contributed by atoms with Gasteiger partial charge >= 0.3 is 0 Å². The molecule has 3 nitrogen and oxygen atoms in total. The number of hydrogen-bond donors (Lipinski definition) is 1. The van der Waals surface area contributed by atoms with Crippen molar-refractivity contribution in [3.05, 3.63) is 69.8 Å². The minimum atomic E-state index is -0.0640. The molecule has 0 aliphatic carbocycles. The van der Waals surface area contributed by atoms with Crippen molar-refractivity contribution in [2.75, 3.05) is 12.4 Å². The van der Waals surface area contributed by atoms with Crippen molar-refractivity contribution in [1.29, 1.82) is 0 Å². The number of thiophene rings is 1. The van der Waals surface area contributed by atoms with Crippen molar-refractivity contribution in [2.24, 2.45) is 0 Å². The molecular formula is C16H14ClNO2S. The minimum absolute atomic E-state index is 0.0640. The molecule has 3 rings (SSSR count). The molecule has 2 heterocycles. The number of rotatable bonds is 5. The van der Waals surface area contributed by atoms with Crippen LogP contribution in [0.5, 0.6) is 5.75 Å². The fraction of sp³-hybridized carbons (Fsp3) is 0.125. The number of halogens is 1. The molecule has 0 aliphatic heterocycles. The molecule has 1 atom stereocenters. The molecule has 21 heavy (non-hydrogen) atoms. The maximum atomic E-state index is 6.05. The minimum Gasteiger partial charge on any atom is -0.497 e. The van der Waals surface area contributed by atoms with Crippen LogP contribution in [0.25, 0.3) is 0 Å². The van der Waals surface area contributed by atoms with Gasteiger partial charge in [-0.2, -0.15) is 0 Å². The van der Waals surface area contributed by atoms with Crippen molar-refractivity contribution >= 4 is 28.6 Å². The smallest absolute Gasteiger partial charge is 0.131 e. The van der Waals surface area contributed by atoms with Crippen LogP contribution in [-0.2, 0) is 0 Å².